The fourth-order valence-electron chi connectivity index (χ4n) is 2.12. The Balaban J connectivity index is 1.48. The molecule has 0 unspecified atom stereocenters. The molecule has 1 aromatic carbocycles. The summed E-state index contributed by atoms with van der Waals surface area (Å²) in [5.41, 5.74) is 2.07. The first-order chi connectivity index (χ1) is 10.8. The van der Waals surface area contributed by atoms with Crippen LogP contribution in [0.2, 0.25) is 0 Å². The molecule has 0 fully saturated rings. The molecular weight excluding hydrogens is 312 g/mol. The number of carbonyl (C=O) groups excluding carboxylic acids is 1. The van der Waals surface area contributed by atoms with Crippen LogP contribution in [-0.4, -0.2) is 17.4 Å². The van der Waals surface area contributed by atoms with Gasteiger partial charge in [-0.2, -0.15) is 0 Å². The molecule has 0 aliphatic carbocycles. The van der Waals surface area contributed by atoms with Gasteiger partial charge in [0.1, 0.15) is 5.01 Å². The molecule has 0 bridgehead atoms. The van der Waals surface area contributed by atoms with E-state index in [0.717, 1.165) is 22.0 Å². The van der Waals surface area contributed by atoms with Crippen LogP contribution in [-0.2, 0) is 17.6 Å². The van der Waals surface area contributed by atoms with Crippen molar-refractivity contribution in [3.63, 3.8) is 0 Å². The van der Waals surface area contributed by atoms with E-state index in [9.17, 15) is 4.79 Å². The van der Waals surface area contributed by atoms with Crippen LogP contribution in [0.5, 0.6) is 0 Å². The summed E-state index contributed by atoms with van der Waals surface area (Å²) in [4.78, 5) is 17.6. The van der Waals surface area contributed by atoms with Crippen molar-refractivity contribution in [3.05, 3.63) is 64.5 Å². The highest BCUT2D eigenvalue weighted by Gasteiger charge is 2.09. The molecule has 2 heterocycles. The molecule has 112 valence electrons. The van der Waals surface area contributed by atoms with Gasteiger partial charge in [0.25, 0.3) is 0 Å². The number of hydrogen-bond donors (Lipinski definition) is 1. The Bertz CT molecular complexity index is 720. The van der Waals surface area contributed by atoms with Gasteiger partial charge in [-0.25, -0.2) is 4.98 Å². The molecule has 1 amide bonds. The van der Waals surface area contributed by atoms with E-state index in [-0.39, 0.29) is 5.91 Å². The van der Waals surface area contributed by atoms with Crippen LogP contribution in [0, 0.1) is 0 Å². The molecule has 2 aromatic heterocycles. The Kier molecular flexibility index (Phi) is 4.98. The van der Waals surface area contributed by atoms with Crippen LogP contribution < -0.4 is 5.32 Å². The maximum Gasteiger partial charge on any atom is 0.226 e. The summed E-state index contributed by atoms with van der Waals surface area (Å²) < 4.78 is 0. The van der Waals surface area contributed by atoms with Crippen LogP contribution in [0.25, 0.3) is 9.88 Å². The Hall–Kier alpha value is -1.98. The maximum atomic E-state index is 12.0. The Morgan fingerprint density at radius 1 is 1.09 bits per heavy atom. The van der Waals surface area contributed by atoms with Crippen molar-refractivity contribution in [1.29, 1.82) is 0 Å². The first-order valence-corrected chi connectivity index (χ1v) is 8.86. The van der Waals surface area contributed by atoms with Crippen molar-refractivity contribution in [3.8, 4) is 9.88 Å². The monoisotopic (exact) mass is 328 g/mol. The summed E-state index contributed by atoms with van der Waals surface area (Å²) in [5, 5.41) is 7.94. The van der Waals surface area contributed by atoms with Gasteiger partial charge in [-0.15, -0.1) is 22.7 Å². The van der Waals surface area contributed by atoms with Gasteiger partial charge in [0, 0.05) is 11.9 Å². The van der Waals surface area contributed by atoms with Crippen molar-refractivity contribution < 1.29 is 4.79 Å². The zero-order valence-electron chi connectivity index (χ0n) is 12.0. The largest absolute Gasteiger partial charge is 0.355 e. The second-order valence-corrected chi connectivity index (χ2v) is 6.69. The summed E-state index contributed by atoms with van der Waals surface area (Å²) in [7, 11) is 0. The molecule has 1 N–H and O–H groups in total. The molecule has 0 saturated heterocycles. The minimum Gasteiger partial charge on any atom is -0.355 e. The van der Waals surface area contributed by atoms with Crippen molar-refractivity contribution in [2.45, 2.75) is 12.8 Å². The van der Waals surface area contributed by atoms with E-state index >= 15 is 0 Å². The van der Waals surface area contributed by atoms with Gasteiger partial charge in [0.05, 0.1) is 17.0 Å². The van der Waals surface area contributed by atoms with Crippen LogP contribution in [0.3, 0.4) is 0 Å². The maximum absolute atomic E-state index is 12.0. The zero-order chi connectivity index (χ0) is 15.2. The number of carbonyl (C=O) groups is 1. The number of hydrogen-bond acceptors (Lipinski definition) is 4. The summed E-state index contributed by atoms with van der Waals surface area (Å²) in [6.07, 6.45) is 1.20. The van der Waals surface area contributed by atoms with Gasteiger partial charge in [-0.1, -0.05) is 36.4 Å². The predicted molar refractivity (Wildman–Crippen MR) is 92.3 cm³/mol. The predicted octanol–water partition coefficient (Wildman–Crippen LogP) is 3.77. The second kappa shape index (κ2) is 7.33. The molecule has 0 aliphatic rings. The quantitative estimate of drug-likeness (QED) is 0.748. The van der Waals surface area contributed by atoms with Gasteiger partial charge in [0.2, 0.25) is 5.91 Å². The van der Waals surface area contributed by atoms with Crippen LogP contribution in [0.1, 0.15) is 11.3 Å². The molecule has 0 aliphatic heterocycles. The number of aromatic nitrogens is 1. The summed E-state index contributed by atoms with van der Waals surface area (Å²) >= 11 is 3.26. The third-order valence-electron chi connectivity index (χ3n) is 3.20. The topological polar surface area (TPSA) is 42.0 Å². The number of thiophene rings is 1. The zero-order valence-corrected chi connectivity index (χ0v) is 13.6. The third kappa shape index (κ3) is 4.02. The van der Waals surface area contributed by atoms with E-state index in [2.05, 4.69) is 22.4 Å². The summed E-state index contributed by atoms with van der Waals surface area (Å²) in [6.45, 7) is 0.658. The lowest BCUT2D eigenvalue weighted by Gasteiger charge is -2.04. The van der Waals surface area contributed by atoms with E-state index in [1.165, 1.54) is 5.56 Å². The number of thiazole rings is 1. The normalized spacial score (nSPS) is 10.5. The number of nitrogens with one attached hydrogen (secondary N) is 1. The SMILES string of the molecule is O=C(Cc1csc(-c2cccs2)n1)NCCc1ccccc1. The molecule has 3 aromatic rings. The lowest BCUT2D eigenvalue weighted by Crippen LogP contribution is -2.27. The molecule has 5 heteroatoms. The smallest absolute Gasteiger partial charge is 0.226 e. The van der Waals surface area contributed by atoms with E-state index in [0.29, 0.717) is 13.0 Å². The molecular formula is C17H16N2OS2. The van der Waals surface area contributed by atoms with E-state index < -0.39 is 0 Å². The summed E-state index contributed by atoms with van der Waals surface area (Å²) in [6, 6.07) is 14.2. The lowest BCUT2D eigenvalue weighted by molar-refractivity contribution is -0.120. The Labute approximate surface area is 137 Å². The van der Waals surface area contributed by atoms with Crippen molar-refractivity contribution in [2.24, 2.45) is 0 Å². The fourth-order valence-corrected chi connectivity index (χ4v) is 3.75. The first kappa shape index (κ1) is 14.9. The Morgan fingerprint density at radius 2 is 1.95 bits per heavy atom. The molecule has 0 saturated carbocycles. The fraction of sp³-hybridized carbons (Fsp3) is 0.176. The number of rotatable bonds is 6. The average Bonchev–Trinajstić information content (AvgIpc) is 3.19. The van der Waals surface area contributed by atoms with Crippen LogP contribution in [0.15, 0.2) is 53.2 Å². The molecule has 0 radical (unpaired) electrons. The van der Waals surface area contributed by atoms with E-state index in [1.54, 1.807) is 22.7 Å². The number of amides is 1. The van der Waals surface area contributed by atoms with Gasteiger partial charge in [-0.05, 0) is 23.4 Å². The van der Waals surface area contributed by atoms with E-state index in [4.69, 9.17) is 0 Å². The highest BCUT2D eigenvalue weighted by atomic mass is 32.1. The lowest BCUT2D eigenvalue weighted by atomic mass is 10.1. The summed E-state index contributed by atoms with van der Waals surface area (Å²) in [5.74, 6) is 0.0268. The van der Waals surface area contributed by atoms with Crippen LogP contribution >= 0.6 is 22.7 Å². The van der Waals surface area contributed by atoms with Gasteiger partial charge in [-0.3, -0.25) is 4.79 Å². The van der Waals surface area contributed by atoms with Crippen LogP contribution in [0.4, 0.5) is 0 Å². The molecule has 0 atom stereocenters. The highest BCUT2D eigenvalue weighted by Crippen LogP contribution is 2.27. The standard InChI is InChI=1S/C17H16N2OS2/c20-16(18-9-8-13-5-2-1-3-6-13)11-14-12-22-17(19-14)15-7-4-10-21-15/h1-7,10,12H,8-9,11H2,(H,18,20). The van der Waals surface area contributed by atoms with Gasteiger partial charge in [0.15, 0.2) is 0 Å². The van der Waals surface area contributed by atoms with Crippen molar-refractivity contribution in [2.75, 3.05) is 6.54 Å². The second-order valence-electron chi connectivity index (χ2n) is 4.88. The minimum absolute atomic E-state index is 0.0268. The molecule has 0 spiro atoms. The van der Waals surface area contributed by atoms with Gasteiger partial charge >= 0.3 is 0 Å². The minimum atomic E-state index is 0.0268. The third-order valence-corrected chi connectivity index (χ3v) is 5.13. The molecule has 3 rings (SSSR count). The molecule has 3 nitrogen and oxygen atoms in total. The Morgan fingerprint density at radius 3 is 2.73 bits per heavy atom. The van der Waals surface area contributed by atoms with Gasteiger partial charge < -0.3 is 5.32 Å². The number of nitrogens with zero attached hydrogens (tertiary/aromatic N) is 1. The van der Waals surface area contributed by atoms with E-state index in [1.807, 2.05) is 41.1 Å². The number of benzene rings is 1. The highest BCUT2D eigenvalue weighted by molar-refractivity contribution is 7.20. The van der Waals surface area contributed by atoms with Crippen molar-refractivity contribution >= 4 is 28.6 Å². The van der Waals surface area contributed by atoms with Crippen molar-refractivity contribution in [1.82, 2.24) is 10.3 Å². The average molecular weight is 328 g/mol. The molecule has 22 heavy (non-hydrogen) atoms. The first-order valence-electron chi connectivity index (χ1n) is 7.10.